The van der Waals surface area contributed by atoms with E-state index in [1.54, 1.807) is 11.8 Å². The number of hydrazine groups is 1. The van der Waals surface area contributed by atoms with Gasteiger partial charge in [0.15, 0.2) is 0 Å². The van der Waals surface area contributed by atoms with Crippen molar-refractivity contribution >= 4 is 35.0 Å². The van der Waals surface area contributed by atoms with Gasteiger partial charge in [0.25, 0.3) is 0 Å². The normalized spacial score (nSPS) is 12.4. The first-order valence-corrected chi connectivity index (χ1v) is 7.53. The van der Waals surface area contributed by atoms with E-state index < -0.39 is 0 Å². The number of nitrogens with one attached hydrogen (secondary N) is 1. The summed E-state index contributed by atoms with van der Waals surface area (Å²) in [4.78, 5) is 1.12. The van der Waals surface area contributed by atoms with Crippen molar-refractivity contribution in [2.45, 2.75) is 10.9 Å². The van der Waals surface area contributed by atoms with Crippen molar-refractivity contribution < 1.29 is 0 Å². The minimum absolute atomic E-state index is 0.0441. The molecule has 2 aromatic rings. The zero-order chi connectivity index (χ0) is 13.7. The Morgan fingerprint density at radius 2 is 1.74 bits per heavy atom. The molecule has 0 aromatic heterocycles. The summed E-state index contributed by atoms with van der Waals surface area (Å²) in [7, 11) is 0. The van der Waals surface area contributed by atoms with E-state index in [1.807, 2.05) is 48.5 Å². The summed E-state index contributed by atoms with van der Waals surface area (Å²) in [5.41, 5.74) is 3.89. The second-order valence-corrected chi connectivity index (χ2v) is 6.01. The zero-order valence-corrected chi connectivity index (χ0v) is 12.5. The van der Waals surface area contributed by atoms with Gasteiger partial charge in [-0.1, -0.05) is 41.4 Å². The average molecular weight is 313 g/mol. The molecule has 0 amide bonds. The second-order valence-electron chi connectivity index (χ2n) is 4.04. The molecule has 0 bridgehead atoms. The molecule has 0 saturated carbocycles. The predicted molar refractivity (Wildman–Crippen MR) is 83.7 cm³/mol. The minimum Gasteiger partial charge on any atom is -0.271 e. The van der Waals surface area contributed by atoms with E-state index in [-0.39, 0.29) is 6.04 Å². The molecular weight excluding hydrogens is 299 g/mol. The lowest BCUT2D eigenvalue weighted by Gasteiger charge is -2.16. The van der Waals surface area contributed by atoms with E-state index in [9.17, 15) is 0 Å². The highest BCUT2D eigenvalue weighted by Crippen LogP contribution is 2.27. The van der Waals surface area contributed by atoms with Crippen LogP contribution in [0.1, 0.15) is 11.6 Å². The van der Waals surface area contributed by atoms with Gasteiger partial charge in [0.05, 0.1) is 6.04 Å². The van der Waals surface area contributed by atoms with Crippen molar-refractivity contribution in [2.75, 3.05) is 5.75 Å². The van der Waals surface area contributed by atoms with Gasteiger partial charge in [-0.2, -0.15) is 0 Å². The van der Waals surface area contributed by atoms with E-state index in [0.29, 0.717) is 5.02 Å². The van der Waals surface area contributed by atoms with Gasteiger partial charge in [0, 0.05) is 20.7 Å². The molecule has 0 fully saturated rings. The second kappa shape index (κ2) is 7.17. The van der Waals surface area contributed by atoms with Crippen LogP contribution in [0.3, 0.4) is 0 Å². The maximum absolute atomic E-state index is 5.99. The van der Waals surface area contributed by atoms with Crippen molar-refractivity contribution in [1.82, 2.24) is 5.43 Å². The molecule has 0 heterocycles. The van der Waals surface area contributed by atoms with Crippen LogP contribution in [-0.2, 0) is 0 Å². The Morgan fingerprint density at radius 1 is 1.05 bits per heavy atom. The van der Waals surface area contributed by atoms with Crippen molar-refractivity contribution in [1.29, 1.82) is 0 Å². The molecule has 0 spiro atoms. The number of nitrogens with two attached hydrogens (primary N) is 1. The molecule has 2 rings (SSSR count). The van der Waals surface area contributed by atoms with Crippen LogP contribution in [0.25, 0.3) is 0 Å². The highest BCUT2D eigenvalue weighted by molar-refractivity contribution is 7.99. The van der Waals surface area contributed by atoms with E-state index in [0.717, 1.165) is 21.2 Å². The lowest BCUT2D eigenvalue weighted by atomic mass is 10.1. The SMILES string of the molecule is NNC(CSc1cccc(Cl)c1)c1cccc(Cl)c1. The lowest BCUT2D eigenvalue weighted by molar-refractivity contribution is 0.611. The van der Waals surface area contributed by atoms with E-state index in [2.05, 4.69) is 5.43 Å². The van der Waals surface area contributed by atoms with Crippen molar-refractivity contribution in [3.63, 3.8) is 0 Å². The fourth-order valence-corrected chi connectivity index (χ4v) is 3.19. The maximum atomic E-state index is 5.99. The van der Waals surface area contributed by atoms with Gasteiger partial charge in [-0.05, 0) is 35.9 Å². The molecule has 0 aliphatic heterocycles. The highest BCUT2D eigenvalue weighted by atomic mass is 35.5. The summed E-state index contributed by atoms with van der Waals surface area (Å²) in [5.74, 6) is 6.42. The van der Waals surface area contributed by atoms with Crippen molar-refractivity contribution in [2.24, 2.45) is 5.84 Å². The van der Waals surface area contributed by atoms with Gasteiger partial charge in [0.2, 0.25) is 0 Å². The number of rotatable bonds is 5. The van der Waals surface area contributed by atoms with Crippen LogP contribution in [0, 0.1) is 0 Å². The van der Waals surface area contributed by atoms with Gasteiger partial charge < -0.3 is 0 Å². The third kappa shape index (κ3) is 4.41. The van der Waals surface area contributed by atoms with Gasteiger partial charge in [-0.15, -0.1) is 11.8 Å². The average Bonchev–Trinajstić information content (AvgIpc) is 2.40. The lowest BCUT2D eigenvalue weighted by Crippen LogP contribution is -2.29. The number of benzene rings is 2. The molecule has 0 saturated heterocycles. The molecule has 0 aliphatic carbocycles. The minimum atomic E-state index is 0.0441. The highest BCUT2D eigenvalue weighted by Gasteiger charge is 2.10. The molecular formula is C14H14Cl2N2S. The first-order chi connectivity index (χ1) is 9.19. The third-order valence-electron chi connectivity index (χ3n) is 2.66. The van der Waals surface area contributed by atoms with Gasteiger partial charge in [-0.25, -0.2) is 0 Å². The summed E-state index contributed by atoms with van der Waals surface area (Å²) in [6, 6.07) is 15.5. The summed E-state index contributed by atoms with van der Waals surface area (Å²) >= 11 is 13.6. The molecule has 2 aromatic carbocycles. The molecule has 1 atom stereocenters. The van der Waals surface area contributed by atoms with Crippen LogP contribution >= 0.6 is 35.0 Å². The predicted octanol–water partition coefficient (Wildman–Crippen LogP) is 4.29. The Morgan fingerprint density at radius 3 is 2.37 bits per heavy atom. The van der Waals surface area contributed by atoms with E-state index in [1.165, 1.54) is 0 Å². The Balaban J connectivity index is 2.04. The van der Waals surface area contributed by atoms with Gasteiger partial charge in [-0.3, -0.25) is 11.3 Å². The number of thioether (sulfide) groups is 1. The van der Waals surface area contributed by atoms with Crippen LogP contribution in [0.5, 0.6) is 0 Å². The first kappa shape index (κ1) is 14.7. The molecule has 0 radical (unpaired) electrons. The Kier molecular flexibility index (Phi) is 5.55. The maximum Gasteiger partial charge on any atom is 0.0554 e. The quantitative estimate of drug-likeness (QED) is 0.491. The molecule has 19 heavy (non-hydrogen) atoms. The van der Waals surface area contributed by atoms with Crippen LogP contribution in [0.2, 0.25) is 10.0 Å². The molecule has 1 unspecified atom stereocenters. The fourth-order valence-electron chi connectivity index (χ4n) is 1.70. The smallest absolute Gasteiger partial charge is 0.0554 e. The van der Waals surface area contributed by atoms with Crippen molar-refractivity contribution in [3.8, 4) is 0 Å². The van der Waals surface area contributed by atoms with E-state index in [4.69, 9.17) is 29.0 Å². The van der Waals surface area contributed by atoms with Crippen LogP contribution in [0.4, 0.5) is 0 Å². The summed E-state index contributed by atoms with van der Waals surface area (Å²) in [6.45, 7) is 0. The van der Waals surface area contributed by atoms with Gasteiger partial charge >= 0.3 is 0 Å². The van der Waals surface area contributed by atoms with E-state index >= 15 is 0 Å². The Hall–Kier alpha value is -0.710. The molecule has 100 valence electrons. The Bertz CT molecular complexity index is 548. The Labute approximate surface area is 127 Å². The fraction of sp³-hybridized carbons (Fsp3) is 0.143. The molecule has 5 heteroatoms. The molecule has 2 nitrogen and oxygen atoms in total. The number of hydrogen-bond acceptors (Lipinski definition) is 3. The third-order valence-corrected chi connectivity index (χ3v) is 4.22. The van der Waals surface area contributed by atoms with Crippen LogP contribution in [0.15, 0.2) is 53.4 Å². The first-order valence-electron chi connectivity index (χ1n) is 5.79. The molecule has 0 aliphatic rings. The summed E-state index contributed by atoms with van der Waals surface area (Å²) in [5, 5.41) is 1.45. The van der Waals surface area contributed by atoms with Gasteiger partial charge in [0.1, 0.15) is 0 Å². The number of hydrogen-bond donors (Lipinski definition) is 2. The van der Waals surface area contributed by atoms with Crippen LogP contribution in [-0.4, -0.2) is 5.75 Å². The monoisotopic (exact) mass is 312 g/mol. The van der Waals surface area contributed by atoms with Crippen molar-refractivity contribution in [3.05, 3.63) is 64.1 Å². The zero-order valence-electron chi connectivity index (χ0n) is 10.1. The number of halogens is 2. The topological polar surface area (TPSA) is 38.0 Å². The summed E-state index contributed by atoms with van der Waals surface area (Å²) in [6.07, 6.45) is 0. The largest absolute Gasteiger partial charge is 0.271 e. The standard InChI is InChI=1S/C14H14Cl2N2S/c15-11-4-1-3-10(7-11)14(18-17)9-19-13-6-2-5-12(16)8-13/h1-8,14,18H,9,17H2. The van der Waals surface area contributed by atoms with Crippen LogP contribution < -0.4 is 11.3 Å². The summed E-state index contributed by atoms with van der Waals surface area (Å²) < 4.78 is 0. The molecule has 3 N–H and O–H groups in total.